The quantitative estimate of drug-likeness (QED) is 0.535. The molecule has 0 saturated heterocycles. The highest BCUT2D eigenvalue weighted by molar-refractivity contribution is 5.19. The fraction of sp³-hybridized carbons (Fsp3) is 0.143. The molecule has 0 radical (unpaired) electrons. The first kappa shape index (κ1) is 7.02. The van der Waals surface area contributed by atoms with Crippen molar-refractivity contribution in [2.75, 3.05) is 0 Å². The monoisotopic (exact) mass is 109 g/mol. The molecule has 0 aromatic rings. The zero-order valence-corrected chi connectivity index (χ0v) is 5.09. The normalized spacial score (nSPS) is 12.4. The molecule has 0 aliphatic rings. The molecule has 44 valence electrons. The van der Waals surface area contributed by atoms with Gasteiger partial charge in [0.1, 0.15) is 0 Å². The summed E-state index contributed by atoms with van der Waals surface area (Å²) >= 11 is 0. The summed E-state index contributed by atoms with van der Waals surface area (Å²) < 4.78 is 0. The van der Waals surface area contributed by atoms with Crippen molar-refractivity contribution in [3.8, 4) is 0 Å². The Kier molecular flexibility index (Phi) is 3.67. The highest BCUT2D eigenvalue weighted by Gasteiger charge is 1.72. The van der Waals surface area contributed by atoms with Crippen LogP contribution in [0.4, 0.5) is 0 Å². The van der Waals surface area contributed by atoms with E-state index in [9.17, 15) is 0 Å². The van der Waals surface area contributed by atoms with Gasteiger partial charge in [-0.2, -0.15) is 0 Å². The van der Waals surface area contributed by atoms with Gasteiger partial charge in [-0.3, -0.25) is 0 Å². The van der Waals surface area contributed by atoms with E-state index in [4.69, 9.17) is 5.73 Å². The molecule has 0 bridgehead atoms. The van der Waals surface area contributed by atoms with Crippen molar-refractivity contribution in [2.24, 2.45) is 5.73 Å². The van der Waals surface area contributed by atoms with E-state index in [1.807, 2.05) is 19.1 Å². The summed E-state index contributed by atoms with van der Waals surface area (Å²) in [5.74, 6) is 0. The molecule has 0 aromatic carbocycles. The predicted molar refractivity (Wildman–Crippen MR) is 37.3 cm³/mol. The Morgan fingerprint density at radius 2 is 2.25 bits per heavy atom. The van der Waals surface area contributed by atoms with Crippen molar-refractivity contribution in [3.05, 3.63) is 36.6 Å². The number of nitrogens with two attached hydrogens (primary N) is 1. The van der Waals surface area contributed by atoms with Gasteiger partial charge in [0.2, 0.25) is 0 Å². The van der Waals surface area contributed by atoms with Crippen molar-refractivity contribution in [1.29, 1.82) is 0 Å². The van der Waals surface area contributed by atoms with Crippen molar-refractivity contribution in [1.82, 2.24) is 0 Å². The third-order valence-electron chi connectivity index (χ3n) is 0.740. The molecule has 2 N–H and O–H groups in total. The molecule has 8 heavy (non-hydrogen) atoms. The minimum absolute atomic E-state index is 1.11. The van der Waals surface area contributed by atoms with E-state index in [0.717, 1.165) is 5.57 Å². The molecule has 1 heteroatoms. The first-order valence-corrected chi connectivity index (χ1v) is 2.49. The second kappa shape index (κ2) is 4.19. The van der Waals surface area contributed by atoms with Crippen LogP contribution in [0.2, 0.25) is 0 Å². The Morgan fingerprint density at radius 1 is 1.62 bits per heavy atom. The molecule has 0 atom stereocenters. The topological polar surface area (TPSA) is 26.0 Å². The molecule has 0 rings (SSSR count). The van der Waals surface area contributed by atoms with Crippen molar-refractivity contribution in [2.45, 2.75) is 6.92 Å². The van der Waals surface area contributed by atoms with Gasteiger partial charge in [0.25, 0.3) is 0 Å². The molecular weight excluding hydrogens is 98.1 g/mol. The summed E-state index contributed by atoms with van der Waals surface area (Å²) in [6, 6.07) is 0. The number of allylic oxidation sites excluding steroid dienone is 4. The molecule has 0 unspecified atom stereocenters. The summed E-state index contributed by atoms with van der Waals surface area (Å²) in [6.07, 6.45) is 6.95. The molecule has 0 aliphatic heterocycles. The Hall–Kier alpha value is -0.980. The van der Waals surface area contributed by atoms with Gasteiger partial charge >= 0.3 is 0 Å². The maximum absolute atomic E-state index is 5.10. The molecular formula is C7H11N. The van der Waals surface area contributed by atoms with Crippen molar-refractivity contribution >= 4 is 0 Å². The fourth-order valence-electron chi connectivity index (χ4n) is 0.393. The summed E-state index contributed by atoms with van der Waals surface area (Å²) in [5, 5.41) is 0. The van der Waals surface area contributed by atoms with Gasteiger partial charge in [0, 0.05) is 0 Å². The first-order valence-electron chi connectivity index (χ1n) is 2.49. The molecule has 1 nitrogen and oxygen atoms in total. The van der Waals surface area contributed by atoms with E-state index in [0.29, 0.717) is 0 Å². The Bertz CT molecular complexity index is 120. The minimum Gasteiger partial charge on any atom is -0.405 e. The van der Waals surface area contributed by atoms with Crippen LogP contribution in [0.15, 0.2) is 36.6 Å². The lowest BCUT2D eigenvalue weighted by Gasteiger charge is -1.82. The molecule has 0 spiro atoms. The van der Waals surface area contributed by atoms with Crippen LogP contribution in [0.1, 0.15) is 6.92 Å². The SMILES string of the molecule is C=CC=C(C)/C=C\N. The molecule has 0 fully saturated rings. The Labute approximate surface area is 50.2 Å². The number of hydrogen-bond donors (Lipinski definition) is 1. The number of hydrogen-bond acceptors (Lipinski definition) is 1. The zero-order valence-electron chi connectivity index (χ0n) is 5.09. The predicted octanol–water partition coefficient (Wildman–Crippen LogP) is 1.59. The smallest absolute Gasteiger partial charge is 0.00597 e. The van der Waals surface area contributed by atoms with Crippen LogP contribution in [0, 0.1) is 0 Å². The van der Waals surface area contributed by atoms with Crippen LogP contribution >= 0.6 is 0 Å². The molecule has 0 amide bonds. The van der Waals surface area contributed by atoms with E-state index in [2.05, 4.69) is 6.58 Å². The third kappa shape index (κ3) is 3.22. The van der Waals surface area contributed by atoms with Gasteiger partial charge in [-0.1, -0.05) is 18.7 Å². The summed E-state index contributed by atoms with van der Waals surface area (Å²) in [4.78, 5) is 0. The van der Waals surface area contributed by atoms with Gasteiger partial charge < -0.3 is 5.73 Å². The second-order valence-corrected chi connectivity index (χ2v) is 1.51. The van der Waals surface area contributed by atoms with Crippen molar-refractivity contribution in [3.63, 3.8) is 0 Å². The van der Waals surface area contributed by atoms with E-state index < -0.39 is 0 Å². The van der Waals surface area contributed by atoms with Gasteiger partial charge in [0.05, 0.1) is 0 Å². The zero-order chi connectivity index (χ0) is 6.41. The Balaban J connectivity index is 3.79. The van der Waals surface area contributed by atoms with Crippen molar-refractivity contribution < 1.29 is 0 Å². The first-order chi connectivity index (χ1) is 3.81. The minimum atomic E-state index is 1.11. The maximum atomic E-state index is 5.10. The van der Waals surface area contributed by atoms with E-state index in [1.54, 1.807) is 6.08 Å². The van der Waals surface area contributed by atoms with Crippen LogP contribution in [0.3, 0.4) is 0 Å². The molecule has 0 aromatic heterocycles. The van der Waals surface area contributed by atoms with E-state index in [1.165, 1.54) is 6.20 Å². The largest absolute Gasteiger partial charge is 0.405 e. The standard InChI is InChI=1S/C7H11N/c1-3-4-7(2)5-6-8/h3-6H,1,8H2,2H3/b6-5-,7-4?. The summed E-state index contributed by atoms with van der Waals surface area (Å²) in [5.41, 5.74) is 6.22. The highest BCUT2D eigenvalue weighted by atomic mass is 14.5. The van der Waals surface area contributed by atoms with Gasteiger partial charge in [-0.15, -0.1) is 0 Å². The highest BCUT2D eigenvalue weighted by Crippen LogP contribution is 1.91. The van der Waals surface area contributed by atoms with Gasteiger partial charge in [-0.25, -0.2) is 0 Å². The second-order valence-electron chi connectivity index (χ2n) is 1.51. The Morgan fingerprint density at radius 3 is 2.62 bits per heavy atom. The fourth-order valence-corrected chi connectivity index (χ4v) is 0.393. The van der Waals surface area contributed by atoms with Gasteiger partial charge in [0.15, 0.2) is 0 Å². The average Bonchev–Trinajstić information content (AvgIpc) is 1.68. The van der Waals surface area contributed by atoms with Crippen LogP contribution in [0.25, 0.3) is 0 Å². The number of rotatable bonds is 2. The maximum Gasteiger partial charge on any atom is -0.00597 e. The lowest BCUT2D eigenvalue weighted by Crippen LogP contribution is -1.75. The van der Waals surface area contributed by atoms with E-state index >= 15 is 0 Å². The summed E-state index contributed by atoms with van der Waals surface area (Å²) in [6.45, 7) is 5.50. The van der Waals surface area contributed by atoms with Crippen LogP contribution in [0.5, 0.6) is 0 Å². The molecule has 0 saturated carbocycles. The lowest BCUT2D eigenvalue weighted by atomic mass is 10.3. The molecule has 0 heterocycles. The third-order valence-corrected chi connectivity index (χ3v) is 0.740. The van der Waals surface area contributed by atoms with Crippen LogP contribution < -0.4 is 5.73 Å². The van der Waals surface area contributed by atoms with Crippen LogP contribution in [-0.2, 0) is 0 Å². The van der Waals surface area contributed by atoms with Gasteiger partial charge in [-0.05, 0) is 24.8 Å². The average molecular weight is 109 g/mol. The molecule has 0 aliphatic carbocycles. The van der Waals surface area contributed by atoms with E-state index in [-0.39, 0.29) is 0 Å². The van der Waals surface area contributed by atoms with Crippen LogP contribution in [-0.4, -0.2) is 0 Å². The summed E-state index contributed by atoms with van der Waals surface area (Å²) in [7, 11) is 0. The lowest BCUT2D eigenvalue weighted by molar-refractivity contribution is 1.48.